The van der Waals surface area contributed by atoms with Gasteiger partial charge >= 0.3 is 0 Å². The first kappa shape index (κ1) is 15.0. The fraction of sp³-hybridized carbons (Fsp3) is 0.214. The Morgan fingerprint density at radius 1 is 1.45 bits per heavy atom. The molecule has 0 saturated heterocycles. The van der Waals surface area contributed by atoms with Gasteiger partial charge in [-0.1, -0.05) is 6.07 Å². The van der Waals surface area contributed by atoms with Crippen LogP contribution in [0.4, 0.5) is 10.1 Å². The number of thiophene rings is 1. The Hall–Kier alpha value is -1.40. The van der Waals surface area contributed by atoms with E-state index in [0.29, 0.717) is 11.3 Å². The van der Waals surface area contributed by atoms with Gasteiger partial charge in [0.25, 0.3) is 0 Å². The van der Waals surface area contributed by atoms with Gasteiger partial charge in [-0.3, -0.25) is 5.41 Å². The second-order valence-electron chi connectivity index (χ2n) is 4.48. The molecular weight excluding hydrogens is 341 g/mol. The lowest BCUT2D eigenvalue weighted by Crippen LogP contribution is -2.23. The highest BCUT2D eigenvalue weighted by Gasteiger charge is 2.20. The zero-order valence-electron chi connectivity index (χ0n) is 11.2. The number of amidine groups is 1. The fourth-order valence-electron chi connectivity index (χ4n) is 1.95. The van der Waals surface area contributed by atoms with Gasteiger partial charge in [0.2, 0.25) is 0 Å². The molecule has 6 heteroatoms. The molecule has 1 unspecified atom stereocenters. The van der Waals surface area contributed by atoms with Crippen molar-refractivity contribution in [3.63, 3.8) is 0 Å². The molecule has 3 nitrogen and oxygen atoms in total. The summed E-state index contributed by atoms with van der Waals surface area (Å²) in [7, 11) is 1.85. The maximum Gasteiger partial charge on any atom is 0.161 e. The summed E-state index contributed by atoms with van der Waals surface area (Å²) in [5.74, 6) is -0.556. The Bertz CT molecular complexity index is 628. The monoisotopic (exact) mass is 355 g/mol. The van der Waals surface area contributed by atoms with Crippen LogP contribution in [0.5, 0.6) is 0 Å². The summed E-state index contributed by atoms with van der Waals surface area (Å²) >= 11 is 4.82. The van der Waals surface area contributed by atoms with E-state index >= 15 is 0 Å². The quantitative estimate of drug-likeness (QED) is 0.639. The number of nitrogens with zero attached hydrogens (tertiary/aromatic N) is 1. The molecule has 2 aromatic rings. The van der Waals surface area contributed by atoms with Crippen molar-refractivity contribution in [1.82, 2.24) is 0 Å². The van der Waals surface area contributed by atoms with Crippen molar-refractivity contribution in [2.24, 2.45) is 5.73 Å². The third kappa shape index (κ3) is 2.71. The Kier molecular flexibility index (Phi) is 4.45. The highest BCUT2D eigenvalue weighted by molar-refractivity contribution is 9.10. The minimum atomic E-state index is -0.399. The molecule has 1 heterocycles. The van der Waals surface area contributed by atoms with E-state index in [1.165, 1.54) is 4.88 Å². The summed E-state index contributed by atoms with van der Waals surface area (Å²) in [5.41, 5.74) is 6.26. The molecule has 0 fully saturated rings. The minimum Gasteiger partial charge on any atom is -0.384 e. The van der Waals surface area contributed by atoms with Crippen molar-refractivity contribution < 1.29 is 4.39 Å². The number of nitrogens with two attached hydrogens (primary N) is 1. The van der Waals surface area contributed by atoms with E-state index < -0.39 is 5.82 Å². The van der Waals surface area contributed by atoms with Crippen LogP contribution in [0.25, 0.3) is 0 Å². The minimum absolute atomic E-state index is 0.0691. The van der Waals surface area contributed by atoms with Crippen LogP contribution in [0.15, 0.2) is 34.1 Å². The molecular formula is C14H15BrFN3S. The standard InChI is InChI=1S/C14H15BrFN3S/c1-8(11-4-3-7-20-11)19(2)10-6-5-9(14(17)18)12(15)13(10)16/h3-8H,1-2H3,(H3,17,18). The van der Waals surface area contributed by atoms with Crippen LogP contribution in [0, 0.1) is 11.2 Å². The molecule has 0 amide bonds. The van der Waals surface area contributed by atoms with Crippen LogP contribution in [-0.2, 0) is 0 Å². The molecule has 1 aromatic heterocycles. The molecule has 0 spiro atoms. The van der Waals surface area contributed by atoms with Crippen molar-refractivity contribution in [3.8, 4) is 0 Å². The van der Waals surface area contributed by atoms with Crippen LogP contribution in [-0.4, -0.2) is 12.9 Å². The van der Waals surface area contributed by atoms with Crippen molar-refractivity contribution in [2.45, 2.75) is 13.0 Å². The van der Waals surface area contributed by atoms with E-state index in [4.69, 9.17) is 11.1 Å². The molecule has 20 heavy (non-hydrogen) atoms. The third-order valence-corrected chi connectivity index (χ3v) is 5.09. The number of anilines is 1. The highest BCUT2D eigenvalue weighted by atomic mass is 79.9. The van der Waals surface area contributed by atoms with Gasteiger partial charge in [-0.25, -0.2) is 4.39 Å². The van der Waals surface area contributed by atoms with Gasteiger partial charge in [0.1, 0.15) is 5.84 Å². The van der Waals surface area contributed by atoms with Crippen LogP contribution in [0.1, 0.15) is 23.4 Å². The first-order valence-corrected chi connectivity index (χ1v) is 7.69. The molecule has 0 aliphatic heterocycles. The molecule has 0 bridgehead atoms. The molecule has 0 aliphatic rings. The van der Waals surface area contributed by atoms with E-state index in [9.17, 15) is 4.39 Å². The Morgan fingerprint density at radius 2 is 2.15 bits per heavy atom. The zero-order chi connectivity index (χ0) is 14.9. The Balaban J connectivity index is 2.38. The number of nitrogens with one attached hydrogen (secondary N) is 1. The van der Waals surface area contributed by atoms with Gasteiger partial charge in [0.05, 0.1) is 16.2 Å². The number of benzene rings is 1. The van der Waals surface area contributed by atoms with Gasteiger partial charge in [-0.15, -0.1) is 11.3 Å². The predicted octanol–water partition coefficient (Wildman–Crippen LogP) is 4.13. The first-order valence-electron chi connectivity index (χ1n) is 6.02. The molecule has 106 valence electrons. The van der Waals surface area contributed by atoms with E-state index in [1.807, 2.05) is 36.4 Å². The molecule has 0 saturated carbocycles. The Morgan fingerprint density at radius 3 is 2.70 bits per heavy atom. The van der Waals surface area contributed by atoms with Crippen LogP contribution >= 0.6 is 27.3 Å². The maximum atomic E-state index is 14.4. The zero-order valence-corrected chi connectivity index (χ0v) is 13.6. The van der Waals surface area contributed by atoms with Crippen molar-refractivity contribution in [2.75, 3.05) is 11.9 Å². The number of nitrogen functional groups attached to an aromatic ring is 1. The molecule has 3 N–H and O–H groups in total. The Labute approximate surface area is 129 Å². The van der Waals surface area contributed by atoms with E-state index in [1.54, 1.807) is 23.5 Å². The number of hydrogen-bond donors (Lipinski definition) is 2. The number of halogens is 2. The number of rotatable bonds is 4. The first-order chi connectivity index (χ1) is 9.43. The van der Waals surface area contributed by atoms with Gasteiger partial charge in [-0.05, 0) is 46.4 Å². The molecule has 0 radical (unpaired) electrons. The second-order valence-corrected chi connectivity index (χ2v) is 6.25. The summed E-state index contributed by atoms with van der Waals surface area (Å²) in [6.45, 7) is 2.03. The third-order valence-electron chi connectivity index (χ3n) is 3.27. The predicted molar refractivity (Wildman–Crippen MR) is 86.3 cm³/mol. The SMILES string of the molecule is CC(c1cccs1)N(C)c1ccc(C(=N)N)c(Br)c1F. The summed E-state index contributed by atoms with van der Waals surface area (Å²) in [5, 5.41) is 9.42. The largest absolute Gasteiger partial charge is 0.384 e. The second kappa shape index (κ2) is 5.93. The number of hydrogen-bond acceptors (Lipinski definition) is 3. The fourth-order valence-corrected chi connectivity index (χ4v) is 3.32. The summed E-state index contributed by atoms with van der Waals surface area (Å²) in [6, 6.07) is 7.39. The van der Waals surface area contributed by atoms with Crippen molar-refractivity contribution >= 4 is 38.8 Å². The lowest BCUT2D eigenvalue weighted by atomic mass is 10.1. The van der Waals surface area contributed by atoms with Crippen LogP contribution in [0.2, 0.25) is 0 Å². The molecule has 2 rings (SSSR count). The smallest absolute Gasteiger partial charge is 0.161 e. The average molecular weight is 356 g/mol. The van der Waals surface area contributed by atoms with Gasteiger partial charge in [0.15, 0.2) is 5.82 Å². The lowest BCUT2D eigenvalue weighted by Gasteiger charge is -2.27. The van der Waals surface area contributed by atoms with E-state index in [0.717, 1.165) is 0 Å². The highest BCUT2D eigenvalue weighted by Crippen LogP contribution is 2.34. The molecule has 0 aliphatic carbocycles. The van der Waals surface area contributed by atoms with Crippen molar-refractivity contribution in [1.29, 1.82) is 5.41 Å². The van der Waals surface area contributed by atoms with Gasteiger partial charge in [-0.2, -0.15) is 0 Å². The topological polar surface area (TPSA) is 53.1 Å². The lowest BCUT2D eigenvalue weighted by molar-refractivity contribution is 0.606. The van der Waals surface area contributed by atoms with Gasteiger partial charge in [0, 0.05) is 17.5 Å². The van der Waals surface area contributed by atoms with E-state index in [-0.39, 0.29) is 16.4 Å². The van der Waals surface area contributed by atoms with Crippen LogP contribution < -0.4 is 10.6 Å². The maximum absolute atomic E-state index is 14.4. The summed E-state index contributed by atoms with van der Waals surface area (Å²) < 4.78 is 14.7. The van der Waals surface area contributed by atoms with Crippen molar-refractivity contribution in [3.05, 3.63) is 50.4 Å². The normalized spacial score (nSPS) is 12.2. The summed E-state index contributed by atoms with van der Waals surface area (Å²) in [4.78, 5) is 3.04. The van der Waals surface area contributed by atoms with Crippen LogP contribution in [0.3, 0.4) is 0 Å². The average Bonchev–Trinajstić information content (AvgIpc) is 2.93. The van der Waals surface area contributed by atoms with E-state index in [2.05, 4.69) is 15.9 Å². The molecule has 1 aromatic carbocycles. The molecule has 1 atom stereocenters. The summed E-state index contributed by atoms with van der Waals surface area (Å²) in [6.07, 6.45) is 0. The van der Waals surface area contributed by atoms with Gasteiger partial charge < -0.3 is 10.6 Å².